The fourth-order valence-electron chi connectivity index (χ4n) is 2.22. The molecule has 0 bridgehead atoms. The van der Waals surface area contributed by atoms with Crippen LogP contribution in [-0.4, -0.2) is 57.1 Å². The van der Waals surface area contributed by atoms with Crippen LogP contribution in [-0.2, 0) is 11.2 Å². The monoisotopic (exact) mass is 314 g/mol. The SMILES string of the molecule is CCCc1nnc(SCC(=O)O)n1C(CN(C)C)C(C)C. The van der Waals surface area contributed by atoms with E-state index in [0.29, 0.717) is 11.1 Å². The van der Waals surface area contributed by atoms with Crippen LogP contribution in [0.1, 0.15) is 39.1 Å². The molecule has 1 rings (SSSR count). The van der Waals surface area contributed by atoms with Crippen molar-refractivity contribution < 1.29 is 9.90 Å². The third-order valence-corrected chi connectivity index (χ3v) is 4.11. The number of hydrogen-bond donors (Lipinski definition) is 1. The minimum absolute atomic E-state index is 0.0110. The van der Waals surface area contributed by atoms with Gasteiger partial charge in [-0.2, -0.15) is 0 Å². The Morgan fingerprint density at radius 1 is 1.38 bits per heavy atom. The molecule has 120 valence electrons. The summed E-state index contributed by atoms with van der Waals surface area (Å²) in [4.78, 5) is 13.0. The van der Waals surface area contributed by atoms with E-state index in [1.807, 2.05) is 14.1 Å². The first-order valence-electron chi connectivity index (χ1n) is 7.29. The minimum Gasteiger partial charge on any atom is -0.481 e. The number of carboxylic acid groups (broad SMARTS) is 1. The number of hydrogen-bond acceptors (Lipinski definition) is 5. The zero-order valence-electron chi connectivity index (χ0n) is 13.5. The molecule has 1 atom stereocenters. The number of nitrogens with zero attached hydrogens (tertiary/aromatic N) is 4. The molecule has 1 aromatic rings. The van der Waals surface area contributed by atoms with Crippen molar-refractivity contribution in [1.29, 1.82) is 0 Å². The first-order valence-corrected chi connectivity index (χ1v) is 8.28. The molecule has 0 spiro atoms. The molecule has 1 N–H and O–H groups in total. The van der Waals surface area contributed by atoms with Crippen LogP contribution in [0.15, 0.2) is 5.16 Å². The lowest BCUT2D eigenvalue weighted by molar-refractivity contribution is -0.133. The fraction of sp³-hybridized carbons (Fsp3) is 0.786. The van der Waals surface area contributed by atoms with Crippen molar-refractivity contribution in [3.63, 3.8) is 0 Å². The van der Waals surface area contributed by atoms with Crippen LogP contribution in [0, 0.1) is 5.92 Å². The average Bonchev–Trinajstić information content (AvgIpc) is 2.76. The maximum atomic E-state index is 10.8. The Kier molecular flexibility index (Phi) is 7.17. The smallest absolute Gasteiger partial charge is 0.313 e. The van der Waals surface area contributed by atoms with Crippen molar-refractivity contribution in [2.45, 2.75) is 44.8 Å². The van der Waals surface area contributed by atoms with Gasteiger partial charge in [0, 0.05) is 13.0 Å². The molecule has 0 aromatic carbocycles. The highest BCUT2D eigenvalue weighted by molar-refractivity contribution is 7.99. The zero-order valence-corrected chi connectivity index (χ0v) is 14.4. The molecule has 0 saturated heterocycles. The van der Waals surface area contributed by atoms with Crippen LogP contribution in [0.5, 0.6) is 0 Å². The Bertz CT molecular complexity index is 460. The van der Waals surface area contributed by atoms with E-state index in [1.54, 1.807) is 0 Å². The van der Waals surface area contributed by atoms with Crippen molar-refractivity contribution in [2.75, 3.05) is 26.4 Å². The molecule has 0 amide bonds. The van der Waals surface area contributed by atoms with Gasteiger partial charge in [0.1, 0.15) is 5.82 Å². The van der Waals surface area contributed by atoms with Crippen molar-refractivity contribution in [3.8, 4) is 0 Å². The quantitative estimate of drug-likeness (QED) is 0.704. The normalized spacial score (nSPS) is 13.1. The maximum Gasteiger partial charge on any atom is 0.313 e. The molecule has 0 fully saturated rings. The molecule has 0 saturated carbocycles. The summed E-state index contributed by atoms with van der Waals surface area (Å²) in [7, 11) is 4.09. The van der Waals surface area contributed by atoms with E-state index in [9.17, 15) is 4.79 Å². The van der Waals surface area contributed by atoms with Gasteiger partial charge in [0.2, 0.25) is 0 Å². The van der Waals surface area contributed by atoms with Crippen LogP contribution in [0.2, 0.25) is 0 Å². The molecule has 0 aliphatic heterocycles. The molecule has 0 radical (unpaired) electrons. The topological polar surface area (TPSA) is 71.2 Å². The van der Waals surface area contributed by atoms with Gasteiger partial charge in [-0.3, -0.25) is 4.79 Å². The highest BCUT2D eigenvalue weighted by Crippen LogP contribution is 2.27. The van der Waals surface area contributed by atoms with Crippen LogP contribution >= 0.6 is 11.8 Å². The Labute approximate surface area is 130 Å². The first kappa shape index (κ1) is 18.0. The van der Waals surface area contributed by atoms with Crippen LogP contribution in [0.4, 0.5) is 0 Å². The van der Waals surface area contributed by atoms with Crippen molar-refractivity contribution in [3.05, 3.63) is 5.82 Å². The molecule has 6 nitrogen and oxygen atoms in total. The number of aromatic nitrogens is 3. The maximum absolute atomic E-state index is 10.8. The summed E-state index contributed by atoms with van der Waals surface area (Å²) in [5, 5.41) is 18.1. The highest BCUT2D eigenvalue weighted by Gasteiger charge is 2.24. The van der Waals surface area contributed by atoms with E-state index in [0.717, 1.165) is 25.2 Å². The molecule has 1 unspecified atom stereocenters. The number of aliphatic carboxylic acids is 1. The molecule has 21 heavy (non-hydrogen) atoms. The van der Waals surface area contributed by atoms with Gasteiger partial charge < -0.3 is 14.6 Å². The second-order valence-electron chi connectivity index (χ2n) is 5.77. The van der Waals surface area contributed by atoms with Crippen LogP contribution in [0.3, 0.4) is 0 Å². The Morgan fingerprint density at radius 3 is 2.52 bits per heavy atom. The number of carbonyl (C=O) groups is 1. The summed E-state index contributed by atoms with van der Waals surface area (Å²) < 4.78 is 2.14. The van der Waals surface area contributed by atoms with Gasteiger partial charge in [-0.05, 0) is 26.4 Å². The average molecular weight is 314 g/mol. The predicted octanol–water partition coefficient (Wildman–Crippen LogP) is 2.17. The summed E-state index contributed by atoms with van der Waals surface area (Å²) in [5.74, 6) is 0.547. The molecule has 0 aliphatic carbocycles. The summed E-state index contributed by atoms with van der Waals surface area (Å²) in [6, 6.07) is 0.243. The Hall–Kier alpha value is -1.08. The second kappa shape index (κ2) is 8.38. The van der Waals surface area contributed by atoms with Crippen molar-refractivity contribution in [2.24, 2.45) is 5.92 Å². The van der Waals surface area contributed by atoms with Gasteiger partial charge in [0.15, 0.2) is 5.16 Å². The molecular weight excluding hydrogens is 288 g/mol. The lowest BCUT2D eigenvalue weighted by atomic mass is 10.0. The van der Waals surface area contributed by atoms with Gasteiger partial charge >= 0.3 is 5.97 Å². The van der Waals surface area contributed by atoms with Gasteiger partial charge in [0.25, 0.3) is 0 Å². The van der Waals surface area contributed by atoms with E-state index < -0.39 is 5.97 Å². The third kappa shape index (κ3) is 5.32. The number of thioether (sulfide) groups is 1. The molecular formula is C14H26N4O2S. The minimum atomic E-state index is -0.833. The highest BCUT2D eigenvalue weighted by atomic mass is 32.2. The first-order chi connectivity index (χ1) is 9.86. The van der Waals surface area contributed by atoms with Crippen molar-refractivity contribution >= 4 is 17.7 Å². The number of rotatable bonds is 9. The van der Waals surface area contributed by atoms with Gasteiger partial charge in [-0.15, -0.1) is 10.2 Å². The summed E-state index contributed by atoms with van der Waals surface area (Å²) >= 11 is 1.25. The number of aryl methyl sites for hydroxylation is 1. The lowest BCUT2D eigenvalue weighted by Gasteiger charge is -2.28. The van der Waals surface area contributed by atoms with E-state index >= 15 is 0 Å². The number of likely N-dealkylation sites (N-methyl/N-ethyl adjacent to an activating group) is 1. The van der Waals surface area contributed by atoms with Gasteiger partial charge in [-0.25, -0.2) is 0 Å². The summed E-state index contributed by atoms with van der Waals surface area (Å²) in [6.45, 7) is 7.34. The standard InChI is InChI=1S/C14H26N4O2S/c1-6-7-12-15-16-14(21-9-13(19)20)18(12)11(10(2)3)8-17(4)5/h10-11H,6-9H2,1-5H3,(H,19,20). The fourth-order valence-corrected chi connectivity index (χ4v) is 2.95. The molecule has 1 heterocycles. The Morgan fingerprint density at radius 2 is 2.05 bits per heavy atom. The van der Waals surface area contributed by atoms with E-state index in [1.165, 1.54) is 11.8 Å². The second-order valence-corrected chi connectivity index (χ2v) is 6.72. The number of carboxylic acids is 1. The predicted molar refractivity (Wildman–Crippen MR) is 84.8 cm³/mol. The third-order valence-electron chi connectivity index (χ3n) is 3.19. The molecule has 7 heteroatoms. The molecule has 1 aromatic heterocycles. The lowest BCUT2D eigenvalue weighted by Crippen LogP contribution is -2.30. The molecule has 0 aliphatic rings. The van der Waals surface area contributed by atoms with Gasteiger partial charge in [-0.1, -0.05) is 32.5 Å². The summed E-state index contributed by atoms with van der Waals surface area (Å²) in [5.41, 5.74) is 0. The zero-order chi connectivity index (χ0) is 16.0. The van der Waals surface area contributed by atoms with E-state index in [2.05, 4.69) is 40.4 Å². The van der Waals surface area contributed by atoms with Crippen LogP contribution in [0.25, 0.3) is 0 Å². The van der Waals surface area contributed by atoms with Gasteiger partial charge in [0.05, 0.1) is 11.8 Å². The van der Waals surface area contributed by atoms with Crippen LogP contribution < -0.4 is 0 Å². The van der Waals surface area contributed by atoms with E-state index in [4.69, 9.17) is 5.11 Å². The van der Waals surface area contributed by atoms with Crippen molar-refractivity contribution in [1.82, 2.24) is 19.7 Å². The Balaban J connectivity index is 3.12. The largest absolute Gasteiger partial charge is 0.481 e. The summed E-state index contributed by atoms with van der Waals surface area (Å²) in [6.07, 6.45) is 1.85. The van der Waals surface area contributed by atoms with E-state index in [-0.39, 0.29) is 11.8 Å².